The van der Waals surface area contributed by atoms with E-state index in [4.69, 9.17) is 15.2 Å². The van der Waals surface area contributed by atoms with Crippen LogP contribution >= 0.6 is 11.8 Å². The zero-order valence-electron chi connectivity index (χ0n) is 14.3. The summed E-state index contributed by atoms with van der Waals surface area (Å²) in [5.74, 6) is -1.55. The van der Waals surface area contributed by atoms with Gasteiger partial charge in [0.15, 0.2) is 11.3 Å². The van der Waals surface area contributed by atoms with E-state index in [1.54, 1.807) is 4.68 Å². The molecule has 0 saturated heterocycles. The molecule has 1 aromatic carbocycles. The van der Waals surface area contributed by atoms with E-state index >= 15 is 0 Å². The molecule has 0 bridgehead atoms. The van der Waals surface area contributed by atoms with Gasteiger partial charge in [0.2, 0.25) is 0 Å². The highest BCUT2D eigenvalue weighted by Crippen LogP contribution is 2.35. The molecule has 0 aliphatic rings. The molecule has 2 N–H and O–H groups in total. The van der Waals surface area contributed by atoms with Crippen LogP contribution in [-0.4, -0.2) is 47.2 Å². The summed E-state index contributed by atoms with van der Waals surface area (Å²) in [6, 6.07) is 9.28. The Bertz CT molecular complexity index is 1000. The SMILES string of the molecule is COC(=O)c1nc2c(c(SC)nn2-c2ccccc2)c(N)c1C(=O)OC. The second kappa shape index (κ2) is 7.04. The lowest BCUT2D eigenvalue weighted by Gasteiger charge is -2.10. The van der Waals surface area contributed by atoms with Gasteiger partial charge >= 0.3 is 11.9 Å². The monoisotopic (exact) mass is 372 g/mol. The van der Waals surface area contributed by atoms with Crippen LogP contribution in [0.1, 0.15) is 20.8 Å². The number of hydrogen-bond donors (Lipinski definition) is 1. The smallest absolute Gasteiger partial charge is 0.357 e. The molecule has 0 saturated carbocycles. The Hall–Kier alpha value is -3.07. The van der Waals surface area contributed by atoms with E-state index in [-0.39, 0.29) is 16.9 Å². The maximum absolute atomic E-state index is 12.2. The molecule has 0 amide bonds. The van der Waals surface area contributed by atoms with Gasteiger partial charge in [-0.15, -0.1) is 11.8 Å². The molecule has 8 nitrogen and oxygen atoms in total. The molecule has 0 aliphatic heterocycles. The standard InChI is InChI=1S/C17H16N4O4S/c1-24-16(22)10-12(18)11-14(19-13(10)17(23)25-2)21(20-15(11)26-3)9-7-5-4-6-8-9/h4-8H,1-3H3,(H2,18,19). The number of benzene rings is 1. The molecule has 0 unspecified atom stereocenters. The van der Waals surface area contributed by atoms with E-state index < -0.39 is 11.9 Å². The molecule has 0 aliphatic carbocycles. The van der Waals surface area contributed by atoms with Crippen molar-refractivity contribution in [3.8, 4) is 5.69 Å². The Morgan fingerprint density at radius 2 is 1.77 bits per heavy atom. The molecule has 0 atom stereocenters. The summed E-state index contributed by atoms with van der Waals surface area (Å²) in [7, 11) is 2.41. The minimum atomic E-state index is -0.787. The largest absolute Gasteiger partial charge is 0.465 e. The highest BCUT2D eigenvalue weighted by atomic mass is 32.2. The Labute approximate surface area is 153 Å². The highest BCUT2D eigenvalue weighted by molar-refractivity contribution is 7.98. The molecule has 0 fully saturated rings. The first-order chi connectivity index (χ1) is 12.5. The van der Waals surface area contributed by atoms with Gasteiger partial charge < -0.3 is 15.2 Å². The molecule has 2 heterocycles. The van der Waals surface area contributed by atoms with E-state index in [1.807, 2.05) is 36.6 Å². The lowest BCUT2D eigenvalue weighted by Crippen LogP contribution is -2.17. The first-order valence-corrected chi connectivity index (χ1v) is 8.74. The molecule has 3 aromatic rings. The van der Waals surface area contributed by atoms with Crippen LogP contribution < -0.4 is 5.73 Å². The number of nitrogens with zero attached hydrogens (tertiary/aromatic N) is 3. The molecule has 26 heavy (non-hydrogen) atoms. The van der Waals surface area contributed by atoms with Gasteiger partial charge in [0.25, 0.3) is 0 Å². The number of ether oxygens (including phenoxy) is 2. The number of pyridine rings is 1. The predicted molar refractivity (Wildman–Crippen MR) is 97.7 cm³/mol. The maximum atomic E-state index is 12.2. The molecule has 0 radical (unpaired) electrons. The first kappa shape index (κ1) is 17.7. The van der Waals surface area contributed by atoms with Gasteiger partial charge in [-0.3, -0.25) is 0 Å². The number of hydrogen-bond acceptors (Lipinski definition) is 8. The molecular formula is C17H16N4O4S. The number of nitrogen functional groups attached to an aromatic ring is 1. The van der Waals surface area contributed by atoms with E-state index in [0.29, 0.717) is 16.1 Å². The van der Waals surface area contributed by atoms with Crippen molar-refractivity contribution in [2.45, 2.75) is 5.03 Å². The molecule has 9 heteroatoms. The van der Waals surface area contributed by atoms with Crippen molar-refractivity contribution in [3.05, 3.63) is 41.6 Å². The fourth-order valence-electron chi connectivity index (χ4n) is 2.59. The third kappa shape index (κ3) is 2.76. The quantitative estimate of drug-likeness (QED) is 0.549. The fraction of sp³-hybridized carbons (Fsp3) is 0.176. The highest BCUT2D eigenvalue weighted by Gasteiger charge is 2.29. The minimum Gasteiger partial charge on any atom is -0.465 e. The lowest BCUT2D eigenvalue weighted by atomic mass is 10.1. The normalized spacial score (nSPS) is 10.7. The van der Waals surface area contributed by atoms with Gasteiger partial charge in [-0.05, 0) is 18.4 Å². The maximum Gasteiger partial charge on any atom is 0.357 e. The molecule has 3 rings (SSSR count). The number of carbonyl (C=O) groups excluding carboxylic acids is 2. The van der Waals surface area contributed by atoms with Crippen molar-refractivity contribution in [3.63, 3.8) is 0 Å². The summed E-state index contributed by atoms with van der Waals surface area (Å²) in [4.78, 5) is 28.8. The molecule has 2 aromatic heterocycles. The minimum absolute atomic E-state index is 0.0776. The van der Waals surface area contributed by atoms with Gasteiger partial charge in [-0.25, -0.2) is 19.3 Å². The van der Waals surface area contributed by atoms with Crippen LogP contribution in [0.25, 0.3) is 16.7 Å². The summed E-state index contributed by atoms with van der Waals surface area (Å²) in [6.07, 6.45) is 1.84. The zero-order chi connectivity index (χ0) is 18.8. The third-order valence-corrected chi connectivity index (χ3v) is 4.46. The molecule has 134 valence electrons. The van der Waals surface area contributed by atoms with Crippen molar-refractivity contribution in [1.82, 2.24) is 14.8 Å². The topological polar surface area (TPSA) is 109 Å². The number of nitrogens with two attached hydrogens (primary N) is 1. The van der Waals surface area contributed by atoms with Crippen molar-refractivity contribution < 1.29 is 19.1 Å². The van der Waals surface area contributed by atoms with Gasteiger partial charge in [0.1, 0.15) is 10.6 Å². The van der Waals surface area contributed by atoms with Gasteiger partial charge in [0.05, 0.1) is 31.0 Å². The van der Waals surface area contributed by atoms with Crippen molar-refractivity contribution >= 4 is 40.4 Å². The van der Waals surface area contributed by atoms with Crippen molar-refractivity contribution in [2.75, 3.05) is 26.2 Å². The van der Waals surface area contributed by atoms with Crippen molar-refractivity contribution in [2.24, 2.45) is 0 Å². The van der Waals surface area contributed by atoms with Crippen LogP contribution in [0.4, 0.5) is 5.69 Å². The van der Waals surface area contributed by atoms with Gasteiger partial charge in [-0.1, -0.05) is 18.2 Å². The lowest BCUT2D eigenvalue weighted by molar-refractivity contribution is 0.0551. The average molecular weight is 372 g/mol. The van der Waals surface area contributed by atoms with Crippen LogP contribution in [0.15, 0.2) is 35.4 Å². The Balaban J connectivity index is 2.43. The number of thioether (sulfide) groups is 1. The first-order valence-electron chi connectivity index (χ1n) is 7.51. The third-order valence-electron chi connectivity index (χ3n) is 3.78. The number of methoxy groups -OCH3 is 2. The number of carbonyl (C=O) groups is 2. The number of anilines is 1. The number of para-hydroxylation sites is 1. The van der Waals surface area contributed by atoms with Crippen LogP contribution in [0, 0.1) is 0 Å². The second-order valence-electron chi connectivity index (χ2n) is 5.19. The van der Waals surface area contributed by atoms with Gasteiger partial charge in [-0.2, -0.15) is 5.10 Å². The molecular weight excluding hydrogens is 356 g/mol. The predicted octanol–water partition coefficient (Wildman–Crippen LogP) is 2.30. The Kier molecular flexibility index (Phi) is 4.81. The van der Waals surface area contributed by atoms with Crippen LogP contribution in [0.2, 0.25) is 0 Å². The Morgan fingerprint density at radius 3 is 2.35 bits per heavy atom. The number of esters is 2. The Morgan fingerprint density at radius 1 is 1.12 bits per heavy atom. The number of rotatable bonds is 4. The summed E-state index contributed by atoms with van der Waals surface area (Å²) in [6.45, 7) is 0. The van der Waals surface area contributed by atoms with Crippen molar-refractivity contribution in [1.29, 1.82) is 0 Å². The number of fused-ring (bicyclic) bond motifs is 1. The van der Waals surface area contributed by atoms with Crippen LogP contribution in [-0.2, 0) is 9.47 Å². The average Bonchev–Trinajstić information content (AvgIpc) is 3.06. The zero-order valence-corrected chi connectivity index (χ0v) is 15.2. The number of aromatic nitrogens is 3. The summed E-state index contributed by atoms with van der Waals surface area (Å²) in [5, 5.41) is 5.58. The van der Waals surface area contributed by atoms with Crippen LogP contribution in [0.3, 0.4) is 0 Å². The van der Waals surface area contributed by atoms with E-state index in [9.17, 15) is 9.59 Å². The fourth-order valence-corrected chi connectivity index (χ4v) is 3.16. The molecule has 0 spiro atoms. The van der Waals surface area contributed by atoms with Crippen LogP contribution in [0.5, 0.6) is 0 Å². The van der Waals surface area contributed by atoms with Gasteiger partial charge in [0, 0.05) is 0 Å². The summed E-state index contributed by atoms with van der Waals surface area (Å²) < 4.78 is 11.1. The van der Waals surface area contributed by atoms with E-state index in [0.717, 1.165) is 5.69 Å². The summed E-state index contributed by atoms with van der Waals surface area (Å²) in [5.41, 5.74) is 7.07. The second-order valence-corrected chi connectivity index (χ2v) is 5.98. The summed E-state index contributed by atoms with van der Waals surface area (Å²) >= 11 is 1.36. The van der Waals surface area contributed by atoms with E-state index in [1.165, 1.54) is 26.0 Å². The van der Waals surface area contributed by atoms with E-state index in [2.05, 4.69) is 10.1 Å².